The molecule has 0 saturated heterocycles. The van der Waals surface area contributed by atoms with E-state index in [9.17, 15) is 13.2 Å². The summed E-state index contributed by atoms with van der Waals surface area (Å²) in [4.78, 5) is 15.5. The first-order valence-electron chi connectivity index (χ1n) is 7.87. The Bertz CT molecular complexity index is 1050. The first kappa shape index (κ1) is 18.9. The molecular formula is C18H17N3O4S2. The van der Waals surface area contributed by atoms with Crippen molar-refractivity contribution in [3.63, 3.8) is 0 Å². The summed E-state index contributed by atoms with van der Waals surface area (Å²) in [6.07, 6.45) is 1.72. The zero-order valence-corrected chi connectivity index (χ0v) is 16.2. The van der Waals surface area contributed by atoms with Crippen molar-refractivity contribution in [2.75, 3.05) is 17.1 Å². The number of aromatic nitrogens is 1. The Morgan fingerprint density at radius 3 is 2.48 bits per heavy atom. The molecule has 9 heteroatoms. The number of nitrogens with one attached hydrogen (secondary N) is 2. The average Bonchev–Trinajstić information content (AvgIpc) is 3.16. The van der Waals surface area contributed by atoms with Gasteiger partial charge in [0.1, 0.15) is 10.8 Å². The molecule has 0 atom stereocenters. The predicted octanol–water partition coefficient (Wildman–Crippen LogP) is 3.58. The molecule has 1 aromatic heterocycles. The Labute approximate surface area is 161 Å². The highest BCUT2D eigenvalue weighted by Gasteiger charge is 2.17. The summed E-state index contributed by atoms with van der Waals surface area (Å²) >= 11 is 1.51. The van der Waals surface area contributed by atoms with E-state index >= 15 is 0 Å². The van der Waals surface area contributed by atoms with Crippen LogP contribution in [-0.4, -0.2) is 26.4 Å². The zero-order valence-electron chi connectivity index (χ0n) is 14.6. The lowest BCUT2D eigenvalue weighted by Crippen LogP contribution is -2.14. The maximum Gasteiger partial charge on any atom is 0.262 e. The van der Waals surface area contributed by atoms with Crippen LogP contribution in [0.25, 0.3) is 10.6 Å². The van der Waals surface area contributed by atoms with Gasteiger partial charge in [0.15, 0.2) is 0 Å². The van der Waals surface area contributed by atoms with Gasteiger partial charge in [0.2, 0.25) is 5.91 Å². The Morgan fingerprint density at radius 1 is 1.15 bits per heavy atom. The van der Waals surface area contributed by atoms with E-state index in [1.807, 2.05) is 5.38 Å². The van der Waals surface area contributed by atoms with E-state index in [1.165, 1.54) is 43.6 Å². The molecule has 2 N–H and O–H groups in total. The van der Waals surface area contributed by atoms with E-state index in [1.54, 1.807) is 30.5 Å². The standard InChI is InChI=1S/C18H17N3O4S2/c1-12(22)20-16-8-7-15(11-17(16)25-2)27(23,24)21-14-5-3-13(4-6-14)18-19-9-10-26-18/h3-11,21H,1-2H3,(H,20,22). The summed E-state index contributed by atoms with van der Waals surface area (Å²) in [6.45, 7) is 1.36. The fourth-order valence-electron chi connectivity index (χ4n) is 2.39. The quantitative estimate of drug-likeness (QED) is 0.656. The monoisotopic (exact) mass is 403 g/mol. The first-order chi connectivity index (χ1) is 12.9. The zero-order chi connectivity index (χ0) is 19.4. The van der Waals surface area contributed by atoms with E-state index in [-0.39, 0.29) is 16.6 Å². The Kier molecular flexibility index (Phi) is 5.43. The van der Waals surface area contributed by atoms with E-state index in [0.717, 1.165) is 10.6 Å². The minimum atomic E-state index is -3.81. The third-order valence-electron chi connectivity index (χ3n) is 3.61. The number of benzene rings is 2. The van der Waals surface area contributed by atoms with Crippen molar-refractivity contribution in [2.45, 2.75) is 11.8 Å². The van der Waals surface area contributed by atoms with Gasteiger partial charge in [-0.1, -0.05) is 0 Å². The maximum absolute atomic E-state index is 12.7. The van der Waals surface area contributed by atoms with Gasteiger partial charge in [-0.2, -0.15) is 0 Å². The van der Waals surface area contributed by atoms with Crippen molar-refractivity contribution in [1.29, 1.82) is 0 Å². The molecular weight excluding hydrogens is 386 g/mol. The fourth-order valence-corrected chi connectivity index (χ4v) is 4.11. The topological polar surface area (TPSA) is 97.4 Å². The number of thiazole rings is 1. The number of methoxy groups -OCH3 is 1. The second-order valence-electron chi connectivity index (χ2n) is 5.56. The van der Waals surface area contributed by atoms with Crippen LogP contribution in [0.2, 0.25) is 0 Å². The van der Waals surface area contributed by atoms with Crippen LogP contribution in [0, 0.1) is 0 Å². The van der Waals surface area contributed by atoms with Crippen molar-refractivity contribution in [3.8, 4) is 16.3 Å². The summed E-state index contributed by atoms with van der Waals surface area (Å²) in [5, 5.41) is 5.33. The molecule has 140 valence electrons. The van der Waals surface area contributed by atoms with Gasteiger partial charge >= 0.3 is 0 Å². The van der Waals surface area contributed by atoms with Gasteiger partial charge in [-0.05, 0) is 36.4 Å². The van der Waals surface area contributed by atoms with Crippen molar-refractivity contribution >= 4 is 38.6 Å². The highest BCUT2D eigenvalue weighted by molar-refractivity contribution is 7.92. The molecule has 3 aromatic rings. The predicted molar refractivity (Wildman–Crippen MR) is 106 cm³/mol. The van der Waals surface area contributed by atoms with Crippen LogP contribution in [0.1, 0.15) is 6.92 Å². The molecule has 0 aliphatic carbocycles. The smallest absolute Gasteiger partial charge is 0.262 e. The van der Waals surface area contributed by atoms with E-state index in [0.29, 0.717) is 11.4 Å². The number of amides is 1. The number of hydrogen-bond donors (Lipinski definition) is 2. The van der Waals surface area contributed by atoms with Gasteiger partial charge in [-0.3, -0.25) is 9.52 Å². The van der Waals surface area contributed by atoms with Gasteiger partial charge < -0.3 is 10.1 Å². The van der Waals surface area contributed by atoms with Crippen LogP contribution in [0.5, 0.6) is 5.75 Å². The number of anilines is 2. The molecule has 0 aliphatic rings. The molecule has 0 unspecified atom stereocenters. The van der Waals surface area contributed by atoms with E-state index in [4.69, 9.17) is 4.74 Å². The van der Waals surface area contributed by atoms with Crippen molar-refractivity contribution in [2.24, 2.45) is 0 Å². The van der Waals surface area contributed by atoms with Gasteiger partial charge in [0, 0.05) is 35.8 Å². The average molecular weight is 403 g/mol. The minimum absolute atomic E-state index is 0.0254. The molecule has 0 aliphatic heterocycles. The van der Waals surface area contributed by atoms with Crippen LogP contribution in [0.3, 0.4) is 0 Å². The third kappa shape index (κ3) is 4.44. The second-order valence-corrected chi connectivity index (χ2v) is 8.14. The molecule has 3 rings (SSSR count). The third-order valence-corrected chi connectivity index (χ3v) is 5.81. The summed E-state index contributed by atoms with van der Waals surface area (Å²) in [7, 11) is -2.41. The van der Waals surface area contributed by atoms with Crippen molar-refractivity contribution < 1.29 is 17.9 Å². The maximum atomic E-state index is 12.7. The number of ether oxygens (including phenoxy) is 1. The summed E-state index contributed by atoms with van der Waals surface area (Å²) in [5.74, 6) is -0.0189. The molecule has 0 saturated carbocycles. The van der Waals surface area contributed by atoms with Crippen LogP contribution in [-0.2, 0) is 14.8 Å². The fraction of sp³-hybridized carbons (Fsp3) is 0.111. The van der Waals surface area contributed by atoms with Crippen LogP contribution < -0.4 is 14.8 Å². The van der Waals surface area contributed by atoms with Crippen molar-refractivity contribution in [1.82, 2.24) is 4.98 Å². The Balaban J connectivity index is 1.83. The van der Waals surface area contributed by atoms with E-state index < -0.39 is 10.0 Å². The molecule has 7 nitrogen and oxygen atoms in total. The van der Waals surface area contributed by atoms with Gasteiger partial charge in [0.05, 0.1) is 17.7 Å². The first-order valence-corrected chi connectivity index (χ1v) is 10.2. The summed E-state index contributed by atoms with van der Waals surface area (Å²) in [6, 6.07) is 11.2. The highest BCUT2D eigenvalue weighted by Crippen LogP contribution is 2.29. The molecule has 0 spiro atoms. The number of carbonyl (C=O) groups is 1. The largest absolute Gasteiger partial charge is 0.495 e. The molecule has 0 radical (unpaired) electrons. The normalized spacial score (nSPS) is 11.0. The highest BCUT2D eigenvalue weighted by atomic mass is 32.2. The van der Waals surface area contributed by atoms with Crippen LogP contribution in [0.4, 0.5) is 11.4 Å². The lowest BCUT2D eigenvalue weighted by atomic mass is 10.2. The van der Waals surface area contributed by atoms with Crippen molar-refractivity contribution in [3.05, 3.63) is 54.0 Å². The van der Waals surface area contributed by atoms with Gasteiger partial charge in [-0.15, -0.1) is 11.3 Å². The molecule has 27 heavy (non-hydrogen) atoms. The molecule has 1 amide bonds. The SMILES string of the molecule is COc1cc(S(=O)(=O)Nc2ccc(-c3nccs3)cc2)ccc1NC(C)=O. The Hall–Kier alpha value is -2.91. The number of sulfonamides is 1. The lowest BCUT2D eigenvalue weighted by Gasteiger charge is -2.12. The number of hydrogen-bond acceptors (Lipinski definition) is 6. The molecule has 0 bridgehead atoms. The van der Waals surface area contributed by atoms with Gasteiger partial charge in [0.25, 0.3) is 10.0 Å². The summed E-state index contributed by atoms with van der Waals surface area (Å²) in [5.41, 5.74) is 1.74. The molecule has 1 heterocycles. The molecule has 2 aromatic carbocycles. The number of carbonyl (C=O) groups excluding carboxylic acids is 1. The summed E-state index contributed by atoms with van der Waals surface area (Å²) < 4.78 is 33.0. The van der Waals surface area contributed by atoms with Crippen LogP contribution >= 0.6 is 11.3 Å². The van der Waals surface area contributed by atoms with E-state index in [2.05, 4.69) is 15.0 Å². The second kappa shape index (κ2) is 7.77. The Morgan fingerprint density at radius 2 is 1.89 bits per heavy atom. The molecule has 0 fully saturated rings. The van der Waals surface area contributed by atoms with Gasteiger partial charge in [-0.25, -0.2) is 13.4 Å². The number of nitrogens with zero attached hydrogens (tertiary/aromatic N) is 1. The lowest BCUT2D eigenvalue weighted by molar-refractivity contribution is -0.114. The number of rotatable bonds is 6. The van der Waals surface area contributed by atoms with Crippen LogP contribution in [0.15, 0.2) is 58.9 Å². The minimum Gasteiger partial charge on any atom is -0.495 e.